The molecular weight excluding hydrogens is 314 g/mol. The van der Waals surface area contributed by atoms with Crippen LogP contribution in [0, 0.1) is 0 Å². The summed E-state index contributed by atoms with van der Waals surface area (Å²) in [4.78, 5) is 6.65. The zero-order chi connectivity index (χ0) is 17.3. The second-order valence-corrected chi connectivity index (χ2v) is 6.83. The van der Waals surface area contributed by atoms with Gasteiger partial charge in [-0.05, 0) is 49.2 Å². The molecule has 0 spiro atoms. The number of piperidine rings is 1. The van der Waals surface area contributed by atoms with Crippen LogP contribution in [0.15, 0.2) is 65.4 Å². The molecule has 0 bridgehead atoms. The lowest BCUT2D eigenvalue weighted by Gasteiger charge is -2.40. The monoisotopic (exact) mass is 337 g/mol. The van der Waals surface area contributed by atoms with Crippen LogP contribution in [0.2, 0.25) is 0 Å². The van der Waals surface area contributed by atoms with E-state index in [1.807, 2.05) is 35.4 Å². The SMILES string of the molecule is OC(C1=CN=C2C(c3ccccc3)=CC=CN2C1)C1(O)CCNCC1. The molecule has 1 unspecified atom stereocenters. The number of fused-ring (bicyclic) bond motifs is 1. The summed E-state index contributed by atoms with van der Waals surface area (Å²) >= 11 is 0. The Morgan fingerprint density at radius 2 is 1.92 bits per heavy atom. The van der Waals surface area contributed by atoms with E-state index in [9.17, 15) is 10.2 Å². The summed E-state index contributed by atoms with van der Waals surface area (Å²) in [5.41, 5.74) is 1.87. The van der Waals surface area contributed by atoms with Crippen LogP contribution in [0.25, 0.3) is 5.57 Å². The molecule has 1 saturated heterocycles. The van der Waals surface area contributed by atoms with Crippen molar-refractivity contribution in [2.24, 2.45) is 4.99 Å². The lowest BCUT2D eigenvalue weighted by molar-refractivity contribution is -0.0776. The van der Waals surface area contributed by atoms with Gasteiger partial charge in [0.1, 0.15) is 11.9 Å². The van der Waals surface area contributed by atoms with Crippen molar-refractivity contribution in [2.75, 3.05) is 19.6 Å². The van der Waals surface area contributed by atoms with Gasteiger partial charge in [-0.1, -0.05) is 30.3 Å². The number of aliphatic imine (C=N–C) groups is 1. The van der Waals surface area contributed by atoms with Crippen LogP contribution >= 0.6 is 0 Å². The van der Waals surface area contributed by atoms with Gasteiger partial charge in [0, 0.05) is 24.5 Å². The van der Waals surface area contributed by atoms with E-state index in [1.165, 1.54) is 0 Å². The molecule has 1 fully saturated rings. The number of hydrogen-bond acceptors (Lipinski definition) is 5. The van der Waals surface area contributed by atoms with Crippen LogP contribution in [-0.2, 0) is 0 Å². The van der Waals surface area contributed by atoms with Crippen LogP contribution in [0.1, 0.15) is 18.4 Å². The molecular formula is C20H23N3O2. The highest BCUT2D eigenvalue weighted by molar-refractivity contribution is 6.24. The van der Waals surface area contributed by atoms with E-state index >= 15 is 0 Å². The molecule has 0 aliphatic carbocycles. The van der Waals surface area contributed by atoms with Gasteiger partial charge in [-0.15, -0.1) is 0 Å². The van der Waals surface area contributed by atoms with E-state index in [0.29, 0.717) is 19.4 Å². The van der Waals surface area contributed by atoms with Gasteiger partial charge in [0.2, 0.25) is 0 Å². The lowest BCUT2D eigenvalue weighted by Crippen LogP contribution is -2.52. The molecule has 0 aromatic heterocycles. The molecule has 1 aromatic carbocycles. The highest BCUT2D eigenvalue weighted by Gasteiger charge is 2.40. The largest absolute Gasteiger partial charge is 0.387 e. The summed E-state index contributed by atoms with van der Waals surface area (Å²) in [6.45, 7) is 1.98. The fourth-order valence-electron chi connectivity index (χ4n) is 3.67. The van der Waals surface area contributed by atoms with Gasteiger partial charge in [0.05, 0.1) is 5.60 Å². The van der Waals surface area contributed by atoms with Gasteiger partial charge in [-0.3, -0.25) is 0 Å². The summed E-state index contributed by atoms with van der Waals surface area (Å²) in [7, 11) is 0. The molecule has 3 N–H and O–H groups in total. The third-order valence-electron chi connectivity index (χ3n) is 5.16. The fourth-order valence-corrected chi connectivity index (χ4v) is 3.67. The van der Waals surface area contributed by atoms with E-state index in [0.717, 1.165) is 35.6 Å². The third kappa shape index (κ3) is 3.06. The van der Waals surface area contributed by atoms with Crippen molar-refractivity contribution in [1.82, 2.24) is 10.2 Å². The van der Waals surface area contributed by atoms with Crippen LogP contribution in [0.4, 0.5) is 0 Å². The molecule has 1 aromatic rings. The van der Waals surface area contributed by atoms with Crippen molar-refractivity contribution in [3.05, 3.63) is 66.0 Å². The fraction of sp³-hybridized carbons (Fsp3) is 0.350. The molecule has 3 aliphatic rings. The Balaban J connectivity index is 1.61. The lowest BCUT2D eigenvalue weighted by atomic mass is 9.83. The molecule has 5 nitrogen and oxygen atoms in total. The molecule has 0 amide bonds. The summed E-state index contributed by atoms with van der Waals surface area (Å²) in [6.07, 6.45) is 7.96. The Morgan fingerprint density at radius 3 is 2.68 bits per heavy atom. The quantitative estimate of drug-likeness (QED) is 0.785. The molecule has 5 heteroatoms. The van der Waals surface area contributed by atoms with Crippen molar-refractivity contribution >= 4 is 11.4 Å². The zero-order valence-corrected chi connectivity index (χ0v) is 14.1. The van der Waals surface area contributed by atoms with Crippen molar-refractivity contribution in [3.8, 4) is 0 Å². The van der Waals surface area contributed by atoms with E-state index in [2.05, 4.69) is 28.5 Å². The standard InChI is InChI=1S/C20H23N3O2/c24-18(20(25)8-10-21-11-9-20)16-13-22-19-17(7-4-12-23(19)14-16)15-5-2-1-3-6-15/h1-7,12-13,18,21,24-25H,8-11,14H2. The topological polar surface area (TPSA) is 68.1 Å². The van der Waals surface area contributed by atoms with Gasteiger partial charge >= 0.3 is 0 Å². The first-order chi connectivity index (χ1) is 12.2. The van der Waals surface area contributed by atoms with Crippen LogP contribution < -0.4 is 5.32 Å². The third-order valence-corrected chi connectivity index (χ3v) is 5.16. The Bertz CT molecular complexity index is 758. The van der Waals surface area contributed by atoms with E-state index < -0.39 is 11.7 Å². The van der Waals surface area contributed by atoms with Gasteiger partial charge in [0.15, 0.2) is 0 Å². The number of aliphatic hydroxyl groups excluding tert-OH is 1. The minimum atomic E-state index is -1.07. The van der Waals surface area contributed by atoms with Crippen molar-refractivity contribution in [2.45, 2.75) is 24.5 Å². The predicted molar refractivity (Wildman–Crippen MR) is 98.8 cm³/mol. The second-order valence-electron chi connectivity index (χ2n) is 6.83. The molecule has 0 radical (unpaired) electrons. The summed E-state index contributed by atoms with van der Waals surface area (Å²) < 4.78 is 0. The van der Waals surface area contributed by atoms with Crippen molar-refractivity contribution < 1.29 is 10.2 Å². The first-order valence-electron chi connectivity index (χ1n) is 8.76. The molecule has 4 rings (SSSR count). The highest BCUT2D eigenvalue weighted by atomic mass is 16.3. The number of nitrogens with one attached hydrogen (secondary N) is 1. The first kappa shape index (κ1) is 16.3. The number of nitrogens with zero attached hydrogens (tertiary/aromatic N) is 2. The molecule has 130 valence electrons. The maximum atomic E-state index is 10.8. The van der Waals surface area contributed by atoms with E-state index in [4.69, 9.17) is 0 Å². The second kappa shape index (κ2) is 6.59. The van der Waals surface area contributed by atoms with Gasteiger partial charge < -0.3 is 20.4 Å². The number of hydrogen-bond donors (Lipinski definition) is 3. The first-order valence-corrected chi connectivity index (χ1v) is 8.76. The summed E-state index contributed by atoms with van der Waals surface area (Å²) in [6, 6.07) is 10.2. The van der Waals surface area contributed by atoms with E-state index in [1.54, 1.807) is 6.20 Å². The molecule has 0 saturated carbocycles. The van der Waals surface area contributed by atoms with Crippen LogP contribution in [0.5, 0.6) is 0 Å². The van der Waals surface area contributed by atoms with Gasteiger partial charge in [-0.2, -0.15) is 0 Å². The smallest absolute Gasteiger partial charge is 0.140 e. The zero-order valence-electron chi connectivity index (χ0n) is 14.1. The molecule has 1 atom stereocenters. The number of allylic oxidation sites excluding steroid dienone is 2. The highest BCUT2D eigenvalue weighted by Crippen LogP contribution is 2.31. The molecule has 25 heavy (non-hydrogen) atoms. The van der Waals surface area contributed by atoms with Crippen molar-refractivity contribution in [1.29, 1.82) is 0 Å². The number of amidine groups is 1. The van der Waals surface area contributed by atoms with Crippen molar-refractivity contribution in [3.63, 3.8) is 0 Å². The average Bonchev–Trinajstić information content (AvgIpc) is 2.68. The normalized spacial score (nSPS) is 23.3. The average molecular weight is 337 g/mol. The van der Waals surface area contributed by atoms with E-state index in [-0.39, 0.29) is 0 Å². The minimum Gasteiger partial charge on any atom is -0.387 e. The summed E-state index contributed by atoms with van der Waals surface area (Å²) in [5.74, 6) is 0.877. The predicted octanol–water partition coefficient (Wildman–Crippen LogP) is 1.67. The number of benzene rings is 1. The summed E-state index contributed by atoms with van der Waals surface area (Å²) in [5, 5.41) is 24.8. The van der Waals surface area contributed by atoms with Crippen LogP contribution in [-0.4, -0.2) is 52.3 Å². The minimum absolute atomic E-state index is 0.538. The molecule has 3 aliphatic heterocycles. The van der Waals surface area contributed by atoms with Gasteiger partial charge in [-0.25, -0.2) is 4.99 Å². The van der Waals surface area contributed by atoms with Crippen LogP contribution in [0.3, 0.4) is 0 Å². The maximum absolute atomic E-state index is 10.8. The number of aliphatic hydroxyl groups is 2. The maximum Gasteiger partial charge on any atom is 0.140 e. The Labute approximate surface area is 147 Å². The number of rotatable bonds is 3. The van der Waals surface area contributed by atoms with Gasteiger partial charge in [0.25, 0.3) is 0 Å². The molecule has 3 heterocycles. The Kier molecular flexibility index (Phi) is 4.29. The Hall–Kier alpha value is -2.21. The Morgan fingerprint density at radius 1 is 1.16 bits per heavy atom.